The minimum Gasteiger partial charge on any atom is -0.287 e. The van der Waals surface area contributed by atoms with E-state index in [9.17, 15) is 13.6 Å². The van der Waals surface area contributed by atoms with Gasteiger partial charge < -0.3 is 0 Å². The van der Waals surface area contributed by atoms with Gasteiger partial charge in [0.2, 0.25) is 0 Å². The highest BCUT2D eigenvalue weighted by atomic mass is 32.2. The van der Waals surface area contributed by atoms with Crippen LogP contribution in [0.25, 0.3) is 0 Å². The lowest BCUT2D eigenvalue weighted by Crippen LogP contribution is -1.88. The molecule has 0 atom stereocenters. The molecule has 172 valence electrons. The second-order valence-corrected chi connectivity index (χ2v) is 8.87. The van der Waals surface area contributed by atoms with Gasteiger partial charge in [-0.3, -0.25) is 4.79 Å². The molecule has 1 nitrogen and oxygen atoms in total. The molecule has 0 aliphatic carbocycles. The summed E-state index contributed by atoms with van der Waals surface area (Å²) in [7, 11) is 0. The number of rotatable bonds is 1. The number of hydrogen-bond donors (Lipinski definition) is 0. The molecule has 0 amide bonds. The molecule has 0 aliphatic heterocycles. The zero-order valence-corrected chi connectivity index (χ0v) is 20.0. The first kappa shape index (κ1) is 24.6. The molecule has 0 bridgehead atoms. The summed E-state index contributed by atoms with van der Waals surface area (Å²) in [6.45, 7) is 1.51. The van der Waals surface area contributed by atoms with Crippen LogP contribution in [-0.4, -0.2) is 5.12 Å². The number of halogens is 2. The Kier molecular flexibility index (Phi) is 8.00. The number of hydrogen-bond acceptors (Lipinski definition) is 2. The number of thioether (sulfide) groups is 1. The fraction of sp³-hybridized carbons (Fsp3) is 0.0312. The third-order valence-corrected chi connectivity index (χ3v) is 5.66. The van der Waals surface area contributed by atoms with Crippen molar-refractivity contribution in [1.29, 1.82) is 0 Å². The molecule has 0 spiro atoms. The molecule has 0 saturated carbocycles. The monoisotopic (exact) mass is 488 g/mol. The Hall–Kier alpha value is -4.56. The first-order valence-corrected chi connectivity index (χ1v) is 11.8. The van der Waals surface area contributed by atoms with Crippen LogP contribution in [0.3, 0.4) is 0 Å². The van der Waals surface area contributed by atoms with E-state index in [1.165, 1.54) is 19.1 Å². The van der Waals surface area contributed by atoms with Crippen LogP contribution in [0.2, 0.25) is 0 Å². The van der Waals surface area contributed by atoms with Gasteiger partial charge in [-0.1, -0.05) is 65.5 Å². The van der Waals surface area contributed by atoms with Crippen molar-refractivity contribution in [1.82, 2.24) is 0 Å². The Labute approximate surface area is 213 Å². The summed E-state index contributed by atoms with van der Waals surface area (Å²) in [4.78, 5) is 12.0. The standard InChI is InChI=1S/C32H18F2OS/c1-23(35)36-30-19-13-25(14-20-30)7-8-26-10-16-29(31(33)21-26)18-12-27-11-17-28(32(34)22-27)15-9-24-5-3-2-4-6-24/h2-6,10-11,13-14,16-17,19-22H,1H3. The van der Waals surface area contributed by atoms with E-state index in [1.54, 1.807) is 24.3 Å². The van der Waals surface area contributed by atoms with Crippen molar-refractivity contribution < 1.29 is 13.6 Å². The number of carbonyl (C=O) groups excluding carboxylic acids is 1. The van der Waals surface area contributed by atoms with Crippen LogP contribution >= 0.6 is 11.8 Å². The highest BCUT2D eigenvalue weighted by Gasteiger charge is 2.02. The Morgan fingerprint density at radius 2 is 1.03 bits per heavy atom. The maximum absolute atomic E-state index is 14.6. The van der Waals surface area contributed by atoms with Crippen molar-refractivity contribution in [2.45, 2.75) is 11.8 Å². The van der Waals surface area contributed by atoms with E-state index in [0.717, 1.165) is 27.8 Å². The average molecular weight is 489 g/mol. The van der Waals surface area contributed by atoms with Crippen molar-refractivity contribution in [2.75, 3.05) is 0 Å². The van der Waals surface area contributed by atoms with Crippen molar-refractivity contribution in [3.8, 4) is 35.5 Å². The molecule has 0 saturated heterocycles. The van der Waals surface area contributed by atoms with Gasteiger partial charge in [0.25, 0.3) is 0 Å². The molecule has 0 N–H and O–H groups in total. The van der Waals surface area contributed by atoms with Crippen molar-refractivity contribution >= 4 is 16.9 Å². The van der Waals surface area contributed by atoms with E-state index in [-0.39, 0.29) is 16.2 Å². The molecule has 0 radical (unpaired) electrons. The largest absolute Gasteiger partial charge is 0.287 e. The zero-order valence-electron chi connectivity index (χ0n) is 19.2. The van der Waals surface area contributed by atoms with Gasteiger partial charge in [-0.25, -0.2) is 8.78 Å². The van der Waals surface area contributed by atoms with Crippen LogP contribution in [0.5, 0.6) is 0 Å². The topological polar surface area (TPSA) is 17.1 Å². The lowest BCUT2D eigenvalue weighted by molar-refractivity contribution is -0.109. The average Bonchev–Trinajstić information content (AvgIpc) is 2.87. The highest BCUT2D eigenvalue weighted by Crippen LogP contribution is 2.18. The summed E-state index contributed by atoms with van der Waals surface area (Å²) >= 11 is 1.15. The van der Waals surface area contributed by atoms with E-state index in [2.05, 4.69) is 35.5 Å². The molecule has 0 fully saturated rings. The molecular formula is C32H18F2OS. The molecule has 0 unspecified atom stereocenters. The van der Waals surface area contributed by atoms with Gasteiger partial charge in [0.05, 0.1) is 11.1 Å². The van der Waals surface area contributed by atoms with Gasteiger partial charge in [0.15, 0.2) is 5.12 Å². The predicted molar refractivity (Wildman–Crippen MR) is 140 cm³/mol. The molecule has 4 aromatic rings. The van der Waals surface area contributed by atoms with Crippen molar-refractivity contribution in [3.05, 3.63) is 136 Å². The summed E-state index contributed by atoms with van der Waals surface area (Å²) in [6, 6.07) is 25.7. The number of carbonyl (C=O) groups is 1. The molecule has 0 aliphatic rings. The fourth-order valence-corrected chi connectivity index (χ4v) is 3.71. The van der Waals surface area contributed by atoms with Crippen LogP contribution in [0, 0.1) is 47.2 Å². The normalized spacial score (nSPS) is 9.64. The summed E-state index contributed by atoms with van der Waals surface area (Å²) in [5.41, 5.74) is 2.95. The summed E-state index contributed by atoms with van der Waals surface area (Å²) < 4.78 is 29.0. The molecule has 0 aromatic heterocycles. The maximum atomic E-state index is 14.6. The number of benzene rings is 4. The first-order valence-electron chi connectivity index (χ1n) is 10.9. The predicted octanol–water partition coefficient (Wildman–Crippen LogP) is 6.80. The Morgan fingerprint density at radius 3 is 1.56 bits per heavy atom. The van der Waals surface area contributed by atoms with E-state index in [0.29, 0.717) is 11.1 Å². The third-order valence-electron chi connectivity index (χ3n) is 4.86. The Balaban J connectivity index is 1.46. The Bertz CT molecular complexity index is 1600. The van der Waals surface area contributed by atoms with Crippen molar-refractivity contribution in [2.24, 2.45) is 0 Å². The van der Waals surface area contributed by atoms with Crippen LogP contribution in [0.4, 0.5) is 8.78 Å². The quantitative estimate of drug-likeness (QED) is 0.216. The minimum absolute atomic E-state index is 0.0165. The SMILES string of the molecule is CC(=O)Sc1ccc(C#Cc2ccc(C#Cc3ccc(C#Cc4ccccc4)c(F)c3)c(F)c2)cc1. The molecule has 36 heavy (non-hydrogen) atoms. The molecule has 4 aromatic carbocycles. The Morgan fingerprint density at radius 1 is 0.583 bits per heavy atom. The lowest BCUT2D eigenvalue weighted by atomic mass is 10.1. The van der Waals surface area contributed by atoms with E-state index in [4.69, 9.17) is 0 Å². The summed E-state index contributed by atoms with van der Waals surface area (Å²) in [5, 5.41) is 0.0165. The molecule has 0 heterocycles. The molecular weight excluding hydrogens is 470 g/mol. The van der Waals surface area contributed by atoms with Crippen LogP contribution in [-0.2, 0) is 4.79 Å². The maximum Gasteiger partial charge on any atom is 0.190 e. The smallest absolute Gasteiger partial charge is 0.190 e. The first-order chi connectivity index (χ1) is 17.5. The van der Waals surface area contributed by atoms with Crippen LogP contribution < -0.4 is 0 Å². The van der Waals surface area contributed by atoms with Crippen molar-refractivity contribution in [3.63, 3.8) is 0 Å². The van der Waals surface area contributed by atoms with E-state index >= 15 is 0 Å². The second-order valence-electron chi connectivity index (χ2n) is 7.62. The van der Waals surface area contributed by atoms with E-state index in [1.807, 2.05) is 54.6 Å². The summed E-state index contributed by atoms with van der Waals surface area (Å²) in [6.07, 6.45) is 0. The lowest BCUT2D eigenvalue weighted by Gasteiger charge is -1.98. The minimum atomic E-state index is -0.506. The van der Waals surface area contributed by atoms with Crippen LogP contribution in [0.15, 0.2) is 95.9 Å². The second kappa shape index (κ2) is 11.7. The summed E-state index contributed by atoms with van der Waals surface area (Å²) in [5.74, 6) is 16.2. The zero-order chi connectivity index (χ0) is 25.3. The van der Waals surface area contributed by atoms with Gasteiger partial charge in [-0.05, 0) is 72.8 Å². The third kappa shape index (κ3) is 6.97. The molecule has 4 heteroatoms. The van der Waals surface area contributed by atoms with Gasteiger partial charge in [-0.2, -0.15) is 0 Å². The van der Waals surface area contributed by atoms with Gasteiger partial charge in [0.1, 0.15) is 11.6 Å². The van der Waals surface area contributed by atoms with Crippen LogP contribution in [0.1, 0.15) is 40.3 Å². The van der Waals surface area contributed by atoms with Gasteiger partial charge >= 0.3 is 0 Å². The van der Waals surface area contributed by atoms with E-state index < -0.39 is 11.6 Å². The molecule has 4 rings (SSSR count). The van der Waals surface area contributed by atoms with Gasteiger partial charge in [0, 0.05) is 34.1 Å². The fourth-order valence-electron chi connectivity index (χ4n) is 3.11. The van der Waals surface area contributed by atoms with Gasteiger partial charge in [-0.15, -0.1) is 0 Å². The highest BCUT2D eigenvalue weighted by molar-refractivity contribution is 8.13.